The maximum Gasteiger partial charge on any atom is 0.180 e. The lowest BCUT2D eigenvalue weighted by molar-refractivity contribution is 0.664. The van der Waals surface area contributed by atoms with Crippen LogP contribution in [0.3, 0.4) is 0 Å². The number of nitrogens with zero attached hydrogens (tertiary/aromatic N) is 3. The van der Waals surface area contributed by atoms with Gasteiger partial charge in [0, 0.05) is 38.4 Å². The van der Waals surface area contributed by atoms with Gasteiger partial charge in [0.1, 0.15) is 28.0 Å². The molecule has 0 saturated heterocycles. The molecule has 0 bridgehead atoms. The Kier molecular flexibility index (Phi) is 4.93. The van der Waals surface area contributed by atoms with Crippen molar-refractivity contribution < 1.29 is 8.83 Å². The van der Waals surface area contributed by atoms with Gasteiger partial charge >= 0.3 is 0 Å². The van der Waals surface area contributed by atoms with Gasteiger partial charge in [-0.05, 0) is 48.5 Å². The number of fused-ring (bicyclic) bond motifs is 10. The van der Waals surface area contributed by atoms with E-state index in [4.69, 9.17) is 18.8 Å². The molecule has 0 radical (unpaired) electrons. The molecule has 4 heterocycles. The molecule has 0 saturated carbocycles. The van der Waals surface area contributed by atoms with Crippen LogP contribution in [0.2, 0.25) is 0 Å². The molecule has 210 valence electrons. The number of para-hydroxylation sites is 4. The number of benzene rings is 6. The van der Waals surface area contributed by atoms with Crippen LogP contribution in [0, 0.1) is 0 Å². The average molecular weight is 578 g/mol. The molecule has 0 aliphatic carbocycles. The maximum atomic E-state index is 6.96. The molecule has 0 fully saturated rings. The second-order valence-electron chi connectivity index (χ2n) is 11.3. The van der Waals surface area contributed by atoms with Gasteiger partial charge in [-0.2, -0.15) is 0 Å². The van der Waals surface area contributed by atoms with Crippen LogP contribution in [-0.4, -0.2) is 14.5 Å². The van der Waals surface area contributed by atoms with Crippen LogP contribution in [-0.2, 0) is 0 Å². The van der Waals surface area contributed by atoms with Gasteiger partial charge in [0.2, 0.25) is 0 Å². The summed E-state index contributed by atoms with van der Waals surface area (Å²) >= 11 is 0. The Morgan fingerprint density at radius 3 is 2.04 bits per heavy atom. The SMILES string of the molecule is c1ccc(-c2nc(-c3cccc4c3oc3c4ccc4c3c3ccccc3n4-c3ccccc3)c3oc4ccccc4c3n2)cc1. The fourth-order valence-electron chi connectivity index (χ4n) is 6.84. The summed E-state index contributed by atoms with van der Waals surface area (Å²) in [5.74, 6) is 0.645. The lowest BCUT2D eigenvalue weighted by atomic mass is 10.0. The molecular formula is C40H23N3O2. The van der Waals surface area contributed by atoms with Crippen LogP contribution in [0.25, 0.3) is 94.1 Å². The van der Waals surface area contributed by atoms with Crippen molar-refractivity contribution in [3.8, 4) is 28.3 Å². The van der Waals surface area contributed by atoms with Crippen LogP contribution >= 0.6 is 0 Å². The van der Waals surface area contributed by atoms with E-state index >= 15 is 0 Å². The molecule has 5 heteroatoms. The van der Waals surface area contributed by atoms with Crippen molar-refractivity contribution in [3.05, 3.63) is 140 Å². The first-order valence-electron chi connectivity index (χ1n) is 15.0. The first-order chi connectivity index (χ1) is 22.3. The Morgan fingerprint density at radius 2 is 1.18 bits per heavy atom. The van der Waals surface area contributed by atoms with Crippen LogP contribution in [0.15, 0.2) is 148 Å². The highest BCUT2D eigenvalue weighted by Gasteiger charge is 2.23. The Morgan fingerprint density at radius 1 is 0.467 bits per heavy atom. The van der Waals surface area contributed by atoms with E-state index in [1.807, 2.05) is 60.7 Å². The van der Waals surface area contributed by atoms with E-state index in [2.05, 4.69) is 83.4 Å². The Labute approximate surface area is 256 Å². The smallest absolute Gasteiger partial charge is 0.180 e. The number of hydrogen-bond acceptors (Lipinski definition) is 4. The molecular weight excluding hydrogens is 554 g/mol. The normalized spacial score (nSPS) is 12.0. The highest BCUT2D eigenvalue weighted by Crippen LogP contribution is 2.44. The monoisotopic (exact) mass is 577 g/mol. The van der Waals surface area contributed by atoms with E-state index in [0.29, 0.717) is 17.1 Å². The number of rotatable bonds is 3. The lowest BCUT2D eigenvalue weighted by Crippen LogP contribution is -1.94. The summed E-state index contributed by atoms with van der Waals surface area (Å²) in [7, 11) is 0. The van der Waals surface area contributed by atoms with Gasteiger partial charge in [-0.3, -0.25) is 0 Å². The van der Waals surface area contributed by atoms with Crippen LogP contribution in [0.5, 0.6) is 0 Å². The molecule has 0 spiro atoms. The predicted octanol–water partition coefficient (Wildman–Crippen LogP) is 10.7. The molecule has 0 unspecified atom stereocenters. The minimum atomic E-state index is 0.645. The first-order valence-corrected chi connectivity index (χ1v) is 15.0. The van der Waals surface area contributed by atoms with E-state index in [1.165, 1.54) is 0 Å². The zero-order valence-corrected chi connectivity index (χ0v) is 23.9. The van der Waals surface area contributed by atoms with Crippen molar-refractivity contribution in [2.24, 2.45) is 0 Å². The van der Waals surface area contributed by atoms with Gasteiger partial charge in [-0.1, -0.05) is 91.0 Å². The molecule has 10 aromatic rings. The van der Waals surface area contributed by atoms with Crippen LogP contribution < -0.4 is 0 Å². The molecule has 6 aromatic carbocycles. The largest absolute Gasteiger partial charge is 0.455 e. The van der Waals surface area contributed by atoms with Crippen molar-refractivity contribution in [2.45, 2.75) is 0 Å². The maximum absolute atomic E-state index is 6.96. The topological polar surface area (TPSA) is 57.0 Å². The molecule has 10 rings (SSSR count). The predicted molar refractivity (Wildman–Crippen MR) is 182 cm³/mol. The third-order valence-electron chi connectivity index (χ3n) is 8.82. The Bertz CT molecular complexity index is 2750. The second-order valence-corrected chi connectivity index (χ2v) is 11.3. The second kappa shape index (κ2) is 9.15. The van der Waals surface area contributed by atoms with Gasteiger partial charge in [-0.15, -0.1) is 0 Å². The van der Waals surface area contributed by atoms with E-state index in [9.17, 15) is 0 Å². The fraction of sp³-hybridized carbons (Fsp3) is 0. The molecule has 0 amide bonds. The molecule has 0 aliphatic heterocycles. The Balaban J connectivity index is 1.32. The van der Waals surface area contributed by atoms with E-state index in [1.54, 1.807) is 0 Å². The molecule has 45 heavy (non-hydrogen) atoms. The molecule has 0 aliphatic rings. The molecule has 0 atom stereocenters. The van der Waals surface area contributed by atoms with Crippen molar-refractivity contribution >= 4 is 65.8 Å². The summed E-state index contributed by atoms with van der Waals surface area (Å²) < 4.78 is 15.7. The molecule has 5 nitrogen and oxygen atoms in total. The summed E-state index contributed by atoms with van der Waals surface area (Å²) in [4.78, 5) is 10.2. The number of aromatic nitrogens is 3. The standard InChI is InChI=1S/C40H23N3O2/c1-3-12-24(13-4-1)40-41-35-29-17-8-10-21-33(29)44-39(35)36(42-40)30-19-11-18-26-27-22-23-32-34(38(27)45-37(26)30)28-16-7-9-20-31(28)43(32)25-14-5-2-6-15-25/h1-23H. The fourth-order valence-corrected chi connectivity index (χ4v) is 6.84. The van der Waals surface area contributed by atoms with Gasteiger partial charge in [0.15, 0.2) is 11.4 Å². The van der Waals surface area contributed by atoms with Crippen molar-refractivity contribution in [1.82, 2.24) is 14.5 Å². The summed E-state index contributed by atoms with van der Waals surface area (Å²) in [6.45, 7) is 0. The lowest BCUT2D eigenvalue weighted by Gasteiger charge is -2.07. The summed E-state index contributed by atoms with van der Waals surface area (Å²) in [6.07, 6.45) is 0. The summed E-state index contributed by atoms with van der Waals surface area (Å²) in [5.41, 5.74) is 9.72. The zero-order valence-electron chi connectivity index (χ0n) is 23.9. The number of hydrogen-bond donors (Lipinski definition) is 0. The zero-order chi connectivity index (χ0) is 29.5. The van der Waals surface area contributed by atoms with Crippen LogP contribution in [0.1, 0.15) is 0 Å². The minimum absolute atomic E-state index is 0.645. The summed E-state index contributed by atoms with van der Waals surface area (Å²) in [6, 6.07) is 47.8. The van der Waals surface area contributed by atoms with Crippen molar-refractivity contribution in [3.63, 3.8) is 0 Å². The average Bonchev–Trinajstić information content (AvgIpc) is 3.78. The van der Waals surface area contributed by atoms with E-state index in [0.717, 1.165) is 77.0 Å². The van der Waals surface area contributed by atoms with Gasteiger partial charge < -0.3 is 13.4 Å². The summed E-state index contributed by atoms with van der Waals surface area (Å²) in [5, 5.41) is 5.30. The molecule has 4 aromatic heterocycles. The van der Waals surface area contributed by atoms with Gasteiger partial charge in [0.05, 0.1) is 16.4 Å². The van der Waals surface area contributed by atoms with E-state index in [-0.39, 0.29) is 0 Å². The highest BCUT2D eigenvalue weighted by atomic mass is 16.3. The number of furan rings is 2. The van der Waals surface area contributed by atoms with E-state index < -0.39 is 0 Å². The van der Waals surface area contributed by atoms with Crippen LogP contribution in [0.4, 0.5) is 0 Å². The van der Waals surface area contributed by atoms with Crippen molar-refractivity contribution in [2.75, 3.05) is 0 Å². The quantitative estimate of drug-likeness (QED) is 0.210. The third-order valence-corrected chi connectivity index (χ3v) is 8.82. The molecule has 0 N–H and O–H groups in total. The first kappa shape index (κ1) is 24.3. The highest BCUT2D eigenvalue weighted by molar-refractivity contribution is 6.25. The minimum Gasteiger partial charge on any atom is -0.455 e. The third kappa shape index (κ3) is 3.43. The van der Waals surface area contributed by atoms with Gasteiger partial charge in [0.25, 0.3) is 0 Å². The van der Waals surface area contributed by atoms with Gasteiger partial charge in [-0.25, -0.2) is 9.97 Å². The van der Waals surface area contributed by atoms with Crippen molar-refractivity contribution in [1.29, 1.82) is 0 Å². The Hall–Kier alpha value is -6.20.